The molecule has 8 heteroatoms. The van der Waals surface area contributed by atoms with Gasteiger partial charge in [0.2, 0.25) is 0 Å². The van der Waals surface area contributed by atoms with Crippen molar-refractivity contribution in [2.24, 2.45) is 0 Å². The lowest BCUT2D eigenvalue weighted by molar-refractivity contribution is -0.156. The molecular formula is C22H36O8. The molecule has 8 nitrogen and oxygen atoms in total. The molecule has 1 saturated heterocycles. The van der Waals surface area contributed by atoms with Crippen molar-refractivity contribution in [2.45, 2.75) is 89.9 Å². The van der Waals surface area contributed by atoms with Crippen molar-refractivity contribution < 1.29 is 38.1 Å². The second-order valence-electron chi connectivity index (χ2n) is 7.48. The van der Waals surface area contributed by atoms with E-state index >= 15 is 0 Å². The Bertz CT molecular complexity index is 427. The largest absolute Gasteiger partial charge is 0.465 e. The summed E-state index contributed by atoms with van der Waals surface area (Å²) in [6, 6.07) is 0. The van der Waals surface area contributed by atoms with Gasteiger partial charge in [0.25, 0.3) is 0 Å². The van der Waals surface area contributed by atoms with E-state index in [0.717, 1.165) is 77.0 Å². The smallest absolute Gasteiger partial charge is 0.317 e. The van der Waals surface area contributed by atoms with Crippen molar-refractivity contribution in [3.05, 3.63) is 0 Å². The van der Waals surface area contributed by atoms with Crippen molar-refractivity contribution in [3.63, 3.8) is 0 Å². The second-order valence-corrected chi connectivity index (χ2v) is 7.48. The maximum absolute atomic E-state index is 11.6. The highest BCUT2D eigenvalue weighted by atomic mass is 16.6. The summed E-state index contributed by atoms with van der Waals surface area (Å²) in [5.41, 5.74) is 0. The fourth-order valence-electron chi connectivity index (χ4n) is 3.01. The van der Waals surface area contributed by atoms with Crippen LogP contribution in [0.3, 0.4) is 0 Å². The standard InChI is InChI=1S/C22H36O8/c23-19-17-21(25)29-15-11-7-3-4-8-12-16-30-22(26)18-20(24)28-14-10-6-2-1-5-9-13-27-19/h1-18H2. The van der Waals surface area contributed by atoms with Gasteiger partial charge in [0, 0.05) is 0 Å². The molecular weight excluding hydrogens is 392 g/mol. The summed E-state index contributed by atoms with van der Waals surface area (Å²) in [6.45, 7) is 1.22. The lowest BCUT2D eigenvalue weighted by atomic mass is 10.1. The van der Waals surface area contributed by atoms with Gasteiger partial charge in [0.1, 0.15) is 12.8 Å². The summed E-state index contributed by atoms with van der Waals surface area (Å²) in [6.07, 6.45) is 9.94. The van der Waals surface area contributed by atoms with E-state index in [4.69, 9.17) is 18.9 Å². The lowest BCUT2D eigenvalue weighted by Gasteiger charge is -2.08. The third-order valence-electron chi connectivity index (χ3n) is 4.71. The third kappa shape index (κ3) is 15.8. The summed E-state index contributed by atoms with van der Waals surface area (Å²) in [5, 5.41) is 0. The molecule has 1 fully saturated rings. The first-order valence-electron chi connectivity index (χ1n) is 11.2. The molecule has 0 radical (unpaired) electrons. The first-order chi connectivity index (χ1) is 14.6. The van der Waals surface area contributed by atoms with Crippen molar-refractivity contribution in [1.29, 1.82) is 0 Å². The van der Waals surface area contributed by atoms with E-state index in [-0.39, 0.29) is 12.8 Å². The van der Waals surface area contributed by atoms with Gasteiger partial charge in [-0.3, -0.25) is 19.2 Å². The Labute approximate surface area is 178 Å². The Morgan fingerprint density at radius 2 is 0.533 bits per heavy atom. The minimum atomic E-state index is -0.538. The molecule has 0 spiro atoms. The maximum atomic E-state index is 11.6. The van der Waals surface area contributed by atoms with Gasteiger partial charge in [-0.2, -0.15) is 0 Å². The fourth-order valence-corrected chi connectivity index (χ4v) is 3.01. The molecule has 0 bridgehead atoms. The topological polar surface area (TPSA) is 105 Å². The van der Waals surface area contributed by atoms with Crippen LogP contribution in [0.2, 0.25) is 0 Å². The van der Waals surface area contributed by atoms with E-state index in [2.05, 4.69) is 0 Å². The Hall–Kier alpha value is -2.12. The minimum Gasteiger partial charge on any atom is -0.465 e. The summed E-state index contributed by atoms with van der Waals surface area (Å²) < 4.78 is 20.2. The molecule has 0 aliphatic carbocycles. The van der Waals surface area contributed by atoms with Crippen LogP contribution in [-0.2, 0) is 38.1 Å². The molecule has 1 aliphatic rings. The maximum Gasteiger partial charge on any atom is 0.317 e. The van der Waals surface area contributed by atoms with Crippen LogP contribution in [0.1, 0.15) is 89.9 Å². The number of ether oxygens (including phenoxy) is 4. The van der Waals surface area contributed by atoms with Gasteiger partial charge in [0.15, 0.2) is 0 Å². The first-order valence-corrected chi connectivity index (χ1v) is 11.2. The Morgan fingerprint density at radius 3 is 0.767 bits per heavy atom. The van der Waals surface area contributed by atoms with Gasteiger partial charge in [0.05, 0.1) is 26.4 Å². The molecule has 30 heavy (non-hydrogen) atoms. The molecule has 0 aromatic rings. The number of esters is 4. The van der Waals surface area contributed by atoms with Gasteiger partial charge >= 0.3 is 23.9 Å². The highest BCUT2D eigenvalue weighted by molar-refractivity contribution is 5.91. The van der Waals surface area contributed by atoms with Gasteiger partial charge in [-0.1, -0.05) is 51.4 Å². The van der Waals surface area contributed by atoms with Gasteiger partial charge in [-0.05, 0) is 25.7 Å². The first kappa shape index (κ1) is 25.9. The van der Waals surface area contributed by atoms with Crippen molar-refractivity contribution in [3.8, 4) is 0 Å². The lowest BCUT2D eigenvalue weighted by Crippen LogP contribution is -2.15. The van der Waals surface area contributed by atoms with Crippen LogP contribution in [0.5, 0.6) is 0 Å². The number of cyclic esters (lactones) is 4. The number of rotatable bonds is 0. The SMILES string of the molecule is O=C1CC(=O)OCCCCCCCCOC(=O)CC(=O)OCCCCCCCCO1. The molecule has 1 aliphatic heterocycles. The Balaban J connectivity index is 2.27. The molecule has 0 N–H and O–H groups in total. The van der Waals surface area contributed by atoms with Crippen LogP contribution in [0.4, 0.5) is 0 Å². The number of carbonyl (C=O) groups is 4. The Morgan fingerprint density at radius 1 is 0.333 bits per heavy atom. The van der Waals surface area contributed by atoms with E-state index in [1.165, 1.54) is 0 Å². The van der Waals surface area contributed by atoms with Crippen LogP contribution in [0.25, 0.3) is 0 Å². The van der Waals surface area contributed by atoms with E-state index in [9.17, 15) is 19.2 Å². The summed E-state index contributed by atoms with van der Waals surface area (Å²) in [7, 11) is 0. The van der Waals surface area contributed by atoms with E-state index in [1.807, 2.05) is 0 Å². The van der Waals surface area contributed by atoms with Gasteiger partial charge in [-0.15, -0.1) is 0 Å². The van der Waals surface area contributed by atoms with E-state index in [0.29, 0.717) is 26.4 Å². The van der Waals surface area contributed by atoms with Crippen LogP contribution in [0.15, 0.2) is 0 Å². The molecule has 0 atom stereocenters. The van der Waals surface area contributed by atoms with Crippen LogP contribution < -0.4 is 0 Å². The van der Waals surface area contributed by atoms with Crippen molar-refractivity contribution in [2.75, 3.05) is 26.4 Å². The van der Waals surface area contributed by atoms with Crippen molar-refractivity contribution >= 4 is 23.9 Å². The van der Waals surface area contributed by atoms with E-state index < -0.39 is 23.9 Å². The molecule has 1 rings (SSSR count). The fraction of sp³-hybridized carbons (Fsp3) is 0.818. The molecule has 0 aromatic heterocycles. The predicted octanol–water partition coefficient (Wildman–Crippen LogP) is 3.63. The number of hydrogen-bond donors (Lipinski definition) is 0. The highest BCUT2D eigenvalue weighted by Gasteiger charge is 2.13. The zero-order valence-electron chi connectivity index (χ0n) is 18.0. The van der Waals surface area contributed by atoms with Crippen LogP contribution >= 0.6 is 0 Å². The molecule has 0 aromatic carbocycles. The predicted molar refractivity (Wildman–Crippen MR) is 108 cm³/mol. The normalized spacial score (nSPS) is 21.6. The molecule has 0 amide bonds. The average Bonchev–Trinajstić information content (AvgIpc) is 2.70. The molecule has 0 unspecified atom stereocenters. The highest BCUT2D eigenvalue weighted by Crippen LogP contribution is 2.08. The third-order valence-corrected chi connectivity index (χ3v) is 4.71. The quantitative estimate of drug-likeness (QED) is 0.327. The van der Waals surface area contributed by atoms with Crippen molar-refractivity contribution in [1.82, 2.24) is 0 Å². The van der Waals surface area contributed by atoms with Crippen LogP contribution in [-0.4, -0.2) is 50.3 Å². The van der Waals surface area contributed by atoms with E-state index in [1.54, 1.807) is 0 Å². The molecule has 0 saturated carbocycles. The summed E-state index contributed by atoms with van der Waals surface area (Å²) in [4.78, 5) is 46.4. The minimum absolute atomic E-state index is 0.305. The molecule has 172 valence electrons. The number of hydrogen-bond acceptors (Lipinski definition) is 8. The Kier molecular flexibility index (Phi) is 15.3. The summed E-state index contributed by atoms with van der Waals surface area (Å²) in [5.74, 6) is -2.15. The van der Waals surface area contributed by atoms with Gasteiger partial charge < -0.3 is 18.9 Å². The zero-order chi connectivity index (χ0) is 21.9. The monoisotopic (exact) mass is 428 g/mol. The second kappa shape index (κ2) is 17.7. The van der Waals surface area contributed by atoms with Gasteiger partial charge in [-0.25, -0.2) is 0 Å². The number of carbonyl (C=O) groups excluding carboxylic acids is 4. The average molecular weight is 429 g/mol. The van der Waals surface area contributed by atoms with Crippen LogP contribution in [0, 0.1) is 0 Å². The molecule has 1 heterocycles. The summed E-state index contributed by atoms with van der Waals surface area (Å²) >= 11 is 0. The zero-order valence-corrected chi connectivity index (χ0v) is 18.0.